The second-order valence-electron chi connectivity index (χ2n) is 6.90. The number of rotatable bonds is 6. The van der Waals surface area contributed by atoms with Gasteiger partial charge in [-0.1, -0.05) is 12.1 Å². The molecule has 0 atom stereocenters. The van der Waals surface area contributed by atoms with Gasteiger partial charge in [0.05, 0.1) is 16.8 Å². The van der Waals surface area contributed by atoms with E-state index in [1.807, 2.05) is 6.92 Å². The fraction of sp³-hybridized carbons (Fsp3) is 0.474. The van der Waals surface area contributed by atoms with E-state index >= 15 is 0 Å². The third-order valence-corrected chi connectivity index (χ3v) is 6.68. The molecule has 1 aliphatic carbocycles. The summed E-state index contributed by atoms with van der Waals surface area (Å²) in [6.45, 7) is 1.82. The summed E-state index contributed by atoms with van der Waals surface area (Å²) in [5.41, 5.74) is 0.830. The Balaban J connectivity index is 1.67. The third kappa shape index (κ3) is 4.75. The van der Waals surface area contributed by atoms with Gasteiger partial charge in [0, 0.05) is 17.7 Å². The highest BCUT2D eigenvalue weighted by atomic mass is 32.2. The van der Waals surface area contributed by atoms with Crippen molar-refractivity contribution in [2.45, 2.75) is 56.1 Å². The number of nitrogens with one attached hydrogen (secondary N) is 1. The summed E-state index contributed by atoms with van der Waals surface area (Å²) in [6, 6.07) is 7.94. The lowest BCUT2D eigenvalue weighted by Crippen LogP contribution is -2.38. The van der Waals surface area contributed by atoms with Crippen molar-refractivity contribution in [2.75, 3.05) is 5.75 Å². The van der Waals surface area contributed by atoms with E-state index in [4.69, 9.17) is 4.52 Å². The number of carbonyl (C=O) groups excluding carboxylic acids is 1. The van der Waals surface area contributed by atoms with Crippen LogP contribution in [0.4, 0.5) is 0 Å². The standard InChI is InChI=1S/C19H24N2O5S/c1-2-11-27(24,25)16-9-3-13(4-10-16)18-12-17(21-26-18)19(23)20-14-5-7-15(22)8-6-14/h3-4,9-10,12,14-15,22H,2,5-8,11H2,1H3,(H,20,23). The van der Waals surface area contributed by atoms with Crippen LogP contribution < -0.4 is 5.32 Å². The topological polar surface area (TPSA) is 110 Å². The van der Waals surface area contributed by atoms with E-state index in [1.54, 1.807) is 18.2 Å². The van der Waals surface area contributed by atoms with Gasteiger partial charge in [-0.2, -0.15) is 0 Å². The van der Waals surface area contributed by atoms with Crippen LogP contribution in [0.2, 0.25) is 0 Å². The van der Waals surface area contributed by atoms with Gasteiger partial charge >= 0.3 is 0 Å². The van der Waals surface area contributed by atoms with Crippen molar-refractivity contribution in [2.24, 2.45) is 0 Å². The number of aliphatic hydroxyl groups excluding tert-OH is 1. The Hall–Kier alpha value is -2.19. The number of aliphatic hydroxyl groups is 1. The molecule has 1 aliphatic rings. The molecule has 1 amide bonds. The monoisotopic (exact) mass is 392 g/mol. The largest absolute Gasteiger partial charge is 0.393 e. The molecule has 1 aromatic carbocycles. The molecule has 27 heavy (non-hydrogen) atoms. The number of hydrogen-bond acceptors (Lipinski definition) is 6. The van der Waals surface area contributed by atoms with Crippen molar-refractivity contribution in [1.82, 2.24) is 10.5 Å². The van der Waals surface area contributed by atoms with Crippen LogP contribution in [0.1, 0.15) is 49.5 Å². The molecule has 8 heteroatoms. The molecular formula is C19H24N2O5S. The molecule has 0 saturated heterocycles. The molecule has 0 aliphatic heterocycles. The molecule has 0 radical (unpaired) electrons. The molecule has 1 aromatic heterocycles. The van der Waals surface area contributed by atoms with Crippen LogP contribution in [0.25, 0.3) is 11.3 Å². The minimum absolute atomic E-state index is 0.0316. The van der Waals surface area contributed by atoms with E-state index < -0.39 is 9.84 Å². The molecule has 7 nitrogen and oxygen atoms in total. The molecular weight excluding hydrogens is 368 g/mol. The summed E-state index contributed by atoms with van der Waals surface area (Å²) in [4.78, 5) is 12.6. The molecule has 0 bridgehead atoms. The Labute approximate surface area is 158 Å². The maximum absolute atomic E-state index is 12.3. The normalized spacial score (nSPS) is 20.4. The minimum Gasteiger partial charge on any atom is -0.393 e. The van der Waals surface area contributed by atoms with E-state index in [9.17, 15) is 18.3 Å². The van der Waals surface area contributed by atoms with Crippen LogP contribution in [0.3, 0.4) is 0 Å². The van der Waals surface area contributed by atoms with Gasteiger partial charge in [-0.25, -0.2) is 8.42 Å². The highest BCUT2D eigenvalue weighted by Crippen LogP contribution is 2.24. The zero-order valence-electron chi connectivity index (χ0n) is 15.2. The lowest BCUT2D eigenvalue weighted by atomic mass is 9.93. The summed E-state index contributed by atoms with van der Waals surface area (Å²) >= 11 is 0. The number of benzene rings is 1. The molecule has 0 spiro atoms. The first-order valence-electron chi connectivity index (χ1n) is 9.18. The quantitative estimate of drug-likeness (QED) is 0.782. The molecule has 1 saturated carbocycles. The first-order valence-corrected chi connectivity index (χ1v) is 10.8. The van der Waals surface area contributed by atoms with Crippen molar-refractivity contribution >= 4 is 15.7 Å². The van der Waals surface area contributed by atoms with Gasteiger partial charge in [-0.15, -0.1) is 0 Å². The summed E-state index contributed by atoms with van der Waals surface area (Å²) in [7, 11) is -3.27. The molecule has 2 N–H and O–H groups in total. The Morgan fingerprint density at radius 3 is 2.52 bits per heavy atom. The smallest absolute Gasteiger partial charge is 0.273 e. The fourth-order valence-electron chi connectivity index (χ4n) is 3.21. The zero-order chi connectivity index (χ0) is 19.4. The second-order valence-corrected chi connectivity index (χ2v) is 9.01. The van der Waals surface area contributed by atoms with Crippen LogP contribution in [0.15, 0.2) is 39.8 Å². The number of amides is 1. The second kappa shape index (κ2) is 8.22. The van der Waals surface area contributed by atoms with Crippen molar-refractivity contribution < 1.29 is 22.8 Å². The van der Waals surface area contributed by atoms with Gasteiger partial charge in [0.25, 0.3) is 5.91 Å². The lowest BCUT2D eigenvalue weighted by Gasteiger charge is -2.25. The lowest BCUT2D eigenvalue weighted by molar-refractivity contribution is 0.0859. The Morgan fingerprint density at radius 1 is 1.22 bits per heavy atom. The Bertz CT molecular complexity index is 881. The van der Waals surface area contributed by atoms with Crippen molar-refractivity contribution in [3.05, 3.63) is 36.0 Å². The van der Waals surface area contributed by atoms with E-state index in [0.29, 0.717) is 30.6 Å². The first-order chi connectivity index (χ1) is 12.9. The Morgan fingerprint density at radius 2 is 1.89 bits per heavy atom. The number of nitrogens with zero attached hydrogens (tertiary/aromatic N) is 1. The number of carbonyl (C=O) groups is 1. The highest BCUT2D eigenvalue weighted by Gasteiger charge is 2.23. The fourth-order valence-corrected chi connectivity index (χ4v) is 4.53. The van der Waals surface area contributed by atoms with Crippen LogP contribution >= 0.6 is 0 Å². The van der Waals surface area contributed by atoms with Gasteiger partial charge in [0.2, 0.25) is 0 Å². The van der Waals surface area contributed by atoms with Gasteiger partial charge < -0.3 is 14.9 Å². The number of hydrogen-bond donors (Lipinski definition) is 2. The van der Waals surface area contributed by atoms with E-state index in [2.05, 4.69) is 10.5 Å². The summed E-state index contributed by atoms with van der Waals surface area (Å²) in [6.07, 6.45) is 3.13. The van der Waals surface area contributed by atoms with E-state index in [0.717, 1.165) is 12.8 Å². The predicted octanol–water partition coefficient (Wildman–Crippen LogP) is 2.56. The van der Waals surface area contributed by atoms with Crippen LogP contribution in [0.5, 0.6) is 0 Å². The van der Waals surface area contributed by atoms with Crippen molar-refractivity contribution in [3.63, 3.8) is 0 Å². The van der Waals surface area contributed by atoms with Crippen LogP contribution in [-0.4, -0.2) is 42.5 Å². The van der Waals surface area contributed by atoms with Gasteiger partial charge in [0.15, 0.2) is 21.3 Å². The highest BCUT2D eigenvalue weighted by molar-refractivity contribution is 7.91. The van der Waals surface area contributed by atoms with Gasteiger partial charge in [-0.05, 0) is 56.4 Å². The average molecular weight is 392 g/mol. The average Bonchev–Trinajstić information content (AvgIpc) is 3.14. The first kappa shape index (κ1) is 19.6. The number of aromatic nitrogens is 1. The molecule has 3 rings (SSSR count). The van der Waals surface area contributed by atoms with Crippen LogP contribution in [0, 0.1) is 0 Å². The van der Waals surface area contributed by atoms with Crippen molar-refractivity contribution in [1.29, 1.82) is 0 Å². The molecule has 1 fully saturated rings. The van der Waals surface area contributed by atoms with E-state index in [1.165, 1.54) is 12.1 Å². The summed E-state index contributed by atoms with van der Waals surface area (Å²) in [5.74, 6) is 0.198. The van der Waals surface area contributed by atoms with Gasteiger partial charge in [0.1, 0.15) is 0 Å². The van der Waals surface area contributed by atoms with Crippen molar-refractivity contribution in [3.8, 4) is 11.3 Å². The maximum atomic E-state index is 12.3. The Kier molecular flexibility index (Phi) is 5.96. The van der Waals surface area contributed by atoms with E-state index in [-0.39, 0.29) is 34.4 Å². The number of sulfone groups is 1. The summed E-state index contributed by atoms with van der Waals surface area (Å²) in [5, 5.41) is 16.3. The summed E-state index contributed by atoms with van der Waals surface area (Å²) < 4.78 is 29.4. The van der Waals surface area contributed by atoms with Gasteiger partial charge in [-0.3, -0.25) is 4.79 Å². The predicted molar refractivity (Wildman–Crippen MR) is 100 cm³/mol. The minimum atomic E-state index is -3.27. The van der Waals surface area contributed by atoms with Crippen LogP contribution in [-0.2, 0) is 9.84 Å². The third-order valence-electron chi connectivity index (χ3n) is 4.75. The molecule has 146 valence electrons. The molecule has 0 unspecified atom stereocenters. The molecule has 1 heterocycles. The SMILES string of the molecule is CCCS(=O)(=O)c1ccc(-c2cc(C(=O)NC3CCC(O)CC3)no2)cc1. The molecule has 2 aromatic rings. The maximum Gasteiger partial charge on any atom is 0.273 e. The zero-order valence-corrected chi connectivity index (χ0v) is 16.0.